The van der Waals surface area contributed by atoms with E-state index in [1.165, 1.54) is 32.3 Å². The highest BCUT2D eigenvalue weighted by molar-refractivity contribution is 6.24. The third-order valence-corrected chi connectivity index (χ3v) is 6.89. The molecule has 0 amide bonds. The summed E-state index contributed by atoms with van der Waals surface area (Å²) in [6.07, 6.45) is 0. The van der Waals surface area contributed by atoms with Crippen LogP contribution in [0.5, 0.6) is 0 Å². The van der Waals surface area contributed by atoms with Gasteiger partial charge in [-0.1, -0.05) is 109 Å². The molecular formula is C33H17N. The van der Waals surface area contributed by atoms with Crippen molar-refractivity contribution in [3.63, 3.8) is 0 Å². The fraction of sp³-hybridized carbons (Fsp3) is 0. The van der Waals surface area contributed by atoms with Crippen molar-refractivity contribution >= 4 is 53.9 Å². The van der Waals surface area contributed by atoms with E-state index < -0.39 is 0 Å². The van der Waals surface area contributed by atoms with Crippen molar-refractivity contribution in [2.45, 2.75) is 0 Å². The molecular weight excluding hydrogens is 410 g/mol. The van der Waals surface area contributed by atoms with Crippen LogP contribution in [0.2, 0.25) is 0 Å². The van der Waals surface area contributed by atoms with Gasteiger partial charge in [-0.25, -0.2) is 0 Å². The highest BCUT2D eigenvalue weighted by Gasteiger charge is 2.13. The van der Waals surface area contributed by atoms with E-state index in [9.17, 15) is 5.26 Å². The summed E-state index contributed by atoms with van der Waals surface area (Å²) < 4.78 is 0. The molecule has 0 saturated heterocycles. The quantitative estimate of drug-likeness (QED) is 0.136. The molecule has 1 heteroatoms. The number of rotatable bonds is 0. The molecule has 0 N–H and O–H groups in total. The highest BCUT2D eigenvalue weighted by atomic mass is 14.3. The van der Waals surface area contributed by atoms with Crippen LogP contribution in [-0.2, 0) is 0 Å². The first-order valence-corrected chi connectivity index (χ1v) is 11.4. The molecule has 0 aliphatic heterocycles. The largest absolute Gasteiger partial charge is 0.192 e. The molecule has 0 aromatic heterocycles. The Morgan fingerprint density at radius 3 is 1.56 bits per heavy atom. The van der Waals surface area contributed by atoms with Gasteiger partial charge >= 0.3 is 0 Å². The van der Waals surface area contributed by atoms with Crippen LogP contribution in [-0.4, -0.2) is 0 Å². The van der Waals surface area contributed by atoms with Crippen LogP contribution >= 0.6 is 0 Å². The Balaban J connectivity index is 1.55. The van der Waals surface area contributed by atoms with E-state index in [0.29, 0.717) is 5.56 Å². The van der Waals surface area contributed by atoms with Crippen LogP contribution < -0.4 is 0 Å². The van der Waals surface area contributed by atoms with Crippen molar-refractivity contribution in [1.82, 2.24) is 0 Å². The lowest BCUT2D eigenvalue weighted by Crippen LogP contribution is -1.90. The van der Waals surface area contributed by atoms with Crippen molar-refractivity contribution in [2.75, 3.05) is 0 Å². The topological polar surface area (TPSA) is 23.8 Å². The molecule has 0 unspecified atom stereocenters. The van der Waals surface area contributed by atoms with Gasteiger partial charge in [-0.05, 0) is 49.2 Å². The maximum atomic E-state index is 9.90. The summed E-state index contributed by atoms with van der Waals surface area (Å²) >= 11 is 0. The number of hydrogen-bond acceptors (Lipinski definition) is 1. The van der Waals surface area contributed by atoms with Crippen LogP contribution in [0.1, 0.15) is 16.7 Å². The monoisotopic (exact) mass is 427 g/mol. The van der Waals surface area contributed by atoms with Gasteiger partial charge in [0.15, 0.2) is 0 Å². The van der Waals surface area contributed by atoms with E-state index in [1.54, 1.807) is 0 Å². The summed E-state index contributed by atoms with van der Waals surface area (Å²) in [4.78, 5) is 0. The molecule has 7 rings (SSSR count). The molecule has 0 heterocycles. The Morgan fingerprint density at radius 1 is 0.412 bits per heavy atom. The molecule has 34 heavy (non-hydrogen) atoms. The van der Waals surface area contributed by atoms with Crippen LogP contribution in [0.3, 0.4) is 0 Å². The van der Waals surface area contributed by atoms with Gasteiger partial charge in [0.05, 0.1) is 5.56 Å². The zero-order chi connectivity index (χ0) is 22.6. The molecule has 0 aliphatic carbocycles. The van der Waals surface area contributed by atoms with E-state index in [4.69, 9.17) is 0 Å². The van der Waals surface area contributed by atoms with Crippen LogP contribution in [0.4, 0.5) is 0 Å². The van der Waals surface area contributed by atoms with E-state index in [1.807, 2.05) is 36.4 Å². The first kappa shape index (κ1) is 18.7. The second-order valence-corrected chi connectivity index (χ2v) is 8.67. The Hall–Kier alpha value is -4.85. The lowest BCUT2D eigenvalue weighted by atomic mass is 9.91. The first-order chi connectivity index (χ1) is 16.8. The van der Waals surface area contributed by atoms with Crippen molar-refractivity contribution in [3.8, 4) is 17.9 Å². The molecule has 1 nitrogen and oxygen atoms in total. The Labute approximate surface area is 196 Å². The van der Waals surface area contributed by atoms with Crippen molar-refractivity contribution in [3.05, 3.63) is 120 Å². The smallest absolute Gasteiger partial charge is 0.100 e. The SMILES string of the molecule is N#Cc1c2ccccc2c(C#Cc2ccc3ccc4cccc5ccc2c3c45)c2ccccc12. The highest BCUT2D eigenvalue weighted by Crippen LogP contribution is 2.36. The normalized spacial score (nSPS) is 11.3. The summed E-state index contributed by atoms with van der Waals surface area (Å²) in [5, 5.41) is 21.3. The average molecular weight is 428 g/mol. The predicted octanol–water partition coefficient (Wildman–Crippen LogP) is 8.16. The standard InChI is InChI=1S/C33H17N/c34-20-31-28-10-3-1-8-26(28)30(27-9-2-4-11-29(27)31)19-16-21-12-13-24-15-14-22-6-5-7-23-17-18-25(21)33(24)32(22)23/h1-15,17-18H. The summed E-state index contributed by atoms with van der Waals surface area (Å²) in [6.45, 7) is 0. The zero-order valence-corrected chi connectivity index (χ0v) is 18.3. The van der Waals surface area contributed by atoms with Crippen molar-refractivity contribution in [1.29, 1.82) is 5.26 Å². The number of fused-ring (bicyclic) bond motifs is 2. The molecule has 0 fully saturated rings. The average Bonchev–Trinajstić information content (AvgIpc) is 2.90. The first-order valence-electron chi connectivity index (χ1n) is 11.4. The third-order valence-electron chi connectivity index (χ3n) is 6.89. The molecule has 7 aromatic carbocycles. The summed E-state index contributed by atoms with van der Waals surface area (Å²) in [6, 6.07) is 38.1. The summed E-state index contributed by atoms with van der Waals surface area (Å²) in [7, 11) is 0. The van der Waals surface area contributed by atoms with Crippen LogP contribution in [0.25, 0.3) is 53.9 Å². The molecule has 0 aliphatic rings. The Morgan fingerprint density at radius 2 is 0.941 bits per heavy atom. The van der Waals surface area contributed by atoms with Gasteiger partial charge in [-0.15, -0.1) is 0 Å². The molecule has 154 valence electrons. The molecule has 7 aromatic rings. The lowest BCUT2D eigenvalue weighted by Gasteiger charge is -2.12. The maximum absolute atomic E-state index is 9.90. The minimum atomic E-state index is 0.708. The van der Waals surface area contributed by atoms with Gasteiger partial charge in [0, 0.05) is 21.9 Å². The van der Waals surface area contributed by atoms with E-state index in [-0.39, 0.29) is 0 Å². The molecule has 0 bridgehead atoms. The second kappa shape index (κ2) is 7.08. The predicted molar refractivity (Wildman–Crippen MR) is 142 cm³/mol. The van der Waals surface area contributed by atoms with Crippen LogP contribution in [0, 0.1) is 23.2 Å². The van der Waals surface area contributed by atoms with Gasteiger partial charge < -0.3 is 0 Å². The summed E-state index contributed by atoms with van der Waals surface area (Å²) in [5.41, 5.74) is 2.69. The molecule has 0 atom stereocenters. The minimum absolute atomic E-state index is 0.708. The van der Waals surface area contributed by atoms with Gasteiger partial charge in [0.25, 0.3) is 0 Å². The van der Waals surface area contributed by atoms with Crippen LogP contribution in [0.15, 0.2) is 103 Å². The molecule has 0 saturated carbocycles. The van der Waals surface area contributed by atoms with Gasteiger partial charge in [-0.2, -0.15) is 5.26 Å². The fourth-order valence-electron chi connectivity index (χ4n) is 5.36. The number of nitriles is 1. The lowest BCUT2D eigenvalue weighted by molar-refractivity contribution is 1.51. The maximum Gasteiger partial charge on any atom is 0.100 e. The number of nitrogens with zero attached hydrogens (tertiary/aromatic N) is 1. The fourth-order valence-corrected chi connectivity index (χ4v) is 5.36. The number of benzene rings is 7. The van der Waals surface area contributed by atoms with E-state index >= 15 is 0 Å². The number of hydrogen-bond donors (Lipinski definition) is 0. The third kappa shape index (κ3) is 2.56. The minimum Gasteiger partial charge on any atom is -0.192 e. The second-order valence-electron chi connectivity index (χ2n) is 8.67. The van der Waals surface area contributed by atoms with Crippen molar-refractivity contribution < 1.29 is 0 Å². The van der Waals surface area contributed by atoms with Gasteiger partial charge in [0.2, 0.25) is 0 Å². The van der Waals surface area contributed by atoms with Gasteiger partial charge in [0.1, 0.15) is 6.07 Å². The Kier molecular flexibility index (Phi) is 3.89. The molecule has 0 spiro atoms. The molecule has 0 radical (unpaired) electrons. The van der Waals surface area contributed by atoms with E-state index in [0.717, 1.165) is 32.7 Å². The Bertz CT molecular complexity index is 1950. The zero-order valence-electron chi connectivity index (χ0n) is 18.3. The van der Waals surface area contributed by atoms with Gasteiger partial charge in [-0.3, -0.25) is 0 Å². The van der Waals surface area contributed by atoms with Crippen molar-refractivity contribution in [2.24, 2.45) is 0 Å². The summed E-state index contributed by atoms with van der Waals surface area (Å²) in [5.74, 6) is 7.02. The van der Waals surface area contributed by atoms with E-state index in [2.05, 4.69) is 84.6 Å².